The second-order valence-corrected chi connectivity index (χ2v) is 11.5. The molecule has 5 heterocycles. The number of amides is 1. The number of carbonyl (C=O) groups excluding carboxylic acids is 1. The van der Waals surface area contributed by atoms with Gasteiger partial charge in [-0.25, -0.2) is 0 Å². The molecule has 4 fully saturated rings. The van der Waals surface area contributed by atoms with Gasteiger partial charge in [-0.05, 0) is 35.3 Å². The van der Waals surface area contributed by atoms with Gasteiger partial charge in [-0.2, -0.15) is 0 Å². The molecule has 1 aliphatic carbocycles. The van der Waals surface area contributed by atoms with Gasteiger partial charge in [-0.3, -0.25) is 14.9 Å². The van der Waals surface area contributed by atoms with Gasteiger partial charge in [0.2, 0.25) is 5.91 Å². The molecule has 7 nitrogen and oxygen atoms in total. The fourth-order valence-corrected chi connectivity index (χ4v) is 9.29. The average molecular weight is 471 g/mol. The Morgan fingerprint density at radius 2 is 2.00 bits per heavy atom. The summed E-state index contributed by atoms with van der Waals surface area (Å²) in [5.74, 6) is 1.03. The van der Waals surface area contributed by atoms with Crippen LogP contribution in [0.4, 0.5) is 11.4 Å². The number of nitrogens with zero attached hydrogens (tertiary/aromatic N) is 3. The minimum absolute atomic E-state index is 0.00455. The maximum atomic E-state index is 13.6. The number of non-ortho nitro benzene ring substituents is 1. The highest BCUT2D eigenvalue weighted by Gasteiger charge is 2.75. The number of rotatable bonds is 3. The number of nitro groups is 1. The summed E-state index contributed by atoms with van der Waals surface area (Å²) in [6.07, 6.45) is 5.01. The summed E-state index contributed by atoms with van der Waals surface area (Å²) in [6, 6.07) is 16.4. The highest BCUT2D eigenvalue weighted by atomic mass is 16.6. The second-order valence-electron chi connectivity index (χ2n) is 11.5. The number of nitro benzene ring substituents is 1. The van der Waals surface area contributed by atoms with Crippen molar-refractivity contribution < 1.29 is 18.9 Å². The molecule has 1 spiro atoms. The highest BCUT2D eigenvalue weighted by Crippen LogP contribution is 2.67. The van der Waals surface area contributed by atoms with E-state index in [0.717, 1.165) is 48.2 Å². The summed E-state index contributed by atoms with van der Waals surface area (Å²) < 4.78 is 7.36. The predicted molar refractivity (Wildman–Crippen MR) is 129 cm³/mol. The molecule has 178 valence electrons. The van der Waals surface area contributed by atoms with Crippen LogP contribution in [0.5, 0.6) is 0 Å². The summed E-state index contributed by atoms with van der Waals surface area (Å²) >= 11 is 0. The number of carbonyl (C=O) groups is 1. The number of quaternary nitrogens is 1. The molecular formula is C28H28N3O4+. The van der Waals surface area contributed by atoms with Crippen molar-refractivity contribution in [2.45, 2.75) is 49.4 Å². The Kier molecular flexibility index (Phi) is 3.80. The first-order valence-corrected chi connectivity index (χ1v) is 12.8. The zero-order chi connectivity index (χ0) is 23.5. The molecule has 1 unspecified atom stereocenters. The third-order valence-corrected chi connectivity index (χ3v) is 10.4. The molecule has 3 saturated heterocycles. The molecule has 6 aliphatic rings. The molecule has 1 amide bonds. The largest absolute Gasteiger partial charge is 0.373 e. The fourth-order valence-electron chi connectivity index (χ4n) is 9.29. The van der Waals surface area contributed by atoms with Gasteiger partial charge in [0.05, 0.1) is 42.1 Å². The van der Waals surface area contributed by atoms with E-state index in [4.69, 9.17) is 4.74 Å². The molecule has 2 aromatic carbocycles. The minimum atomic E-state index is -0.329. The van der Waals surface area contributed by atoms with Crippen molar-refractivity contribution in [3.63, 3.8) is 0 Å². The number of ether oxygens (including phenoxy) is 1. The molecule has 0 radical (unpaired) electrons. The molecule has 7 heteroatoms. The van der Waals surface area contributed by atoms with E-state index in [2.05, 4.69) is 35.2 Å². The molecule has 0 aromatic heterocycles. The Labute approximate surface area is 203 Å². The van der Waals surface area contributed by atoms with Gasteiger partial charge in [0, 0.05) is 42.1 Å². The first kappa shape index (κ1) is 20.2. The number of piperidine rings is 2. The van der Waals surface area contributed by atoms with Gasteiger partial charge in [0.1, 0.15) is 19.1 Å². The van der Waals surface area contributed by atoms with Crippen molar-refractivity contribution in [1.82, 2.24) is 0 Å². The van der Waals surface area contributed by atoms with Gasteiger partial charge < -0.3 is 14.1 Å². The van der Waals surface area contributed by atoms with E-state index < -0.39 is 0 Å². The van der Waals surface area contributed by atoms with E-state index in [1.807, 2.05) is 12.1 Å². The van der Waals surface area contributed by atoms with Crippen molar-refractivity contribution in [1.29, 1.82) is 0 Å². The van der Waals surface area contributed by atoms with Crippen molar-refractivity contribution in [3.8, 4) is 0 Å². The molecular weight excluding hydrogens is 442 g/mol. The van der Waals surface area contributed by atoms with Crippen LogP contribution in [-0.2, 0) is 21.5 Å². The molecule has 5 aliphatic heterocycles. The van der Waals surface area contributed by atoms with E-state index in [0.29, 0.717) is 30.9 Å². The molecule has 35 heavy (non-hydrogen) atoms. The Balaban J connectivity index is 1.31. The summed E-state index contributed by atoms with van der Waals surface area (Å²) in [4.78, 5) is 26.6. The number of anilines is 1. The van der Waals surface area contributed by atoms with Gasteiger partial charge in [-0.15, -0.1) is 0 Å². The smallest absolute Gasteiger partial charge is 0.269 e. The van der Waals surface area contributed by atoms with Crippen LogP contribution in [0.2, 0.25) is 0 Å². The lowest BCUT2D eigenvalue weighted by atomic mass is 9.53. The lowest BCUT2D eigenvalue weighted by Crippen LogP contribution is -2.72. The van der Waals surface area contributed by atoms with Gasteiger partial charge >= 0.3 is 0 Å². The highest BCUT2D eigenvalue weighted by molar-refractivity contribution is 5.99. The zero-order valence-electron chi connectivity index (χ0n) is 19.5. The summed E-state index contributed by atoms with van der Waals surface area (Å²) in [5.41, 5.74) is 5.24. The lowest BCUT2D eigenvalue weighted by Gasteiger charge is -2.60. The predicted octanol–water partition coefficient (Wildman–Crippen LogP) is 3.72. The standard InChI is InChI=1S/C28H28N3O4/c32-25-14-23-26-20-13-24-28(21-3-1-2-4-22(21)29(25)27(26)28)10-11-31(24,16-18(20)9-12-35-23)15-17-5-7-19(8-6-17)30(33)34/h1-9,20,23-24,26-27H,10-16H2/q+1/t20-,23+,24+,26-,27-,28+,31?/m1/s1. The second kappa shape index (κ2) is 6.59. The number of hydrogen-bond donors (Lipinski definition) is 0. The maximum Gasteiger partial charge on any atom is 0.269 e. The van der Waals surface area contributed by atoms with Crippen LogP contribution in [0.25, 0.3) is 0 Å². The summed E-state index contributed by atoms with van der Waals surface area (Å²) in [6.45, 7) is 3.54. The van der Waals surface area contributed by atoms with Crippen molar-refractivity contribution in [2.75, 3.05) is 24.6 Å². The van der Waals surface area contributed by atoms with E-state index >= 15 is 0 Å². The lowest BCUT2D eigenvalue weighted by molar-refractivity contribution is -0.955. The topological polar surface area (TPSA) is 72.7 Å². The third-order valence-electron chi connectivity index (χ3n) is 10.4. The van der Waals surface area contributed by atoms with Crippen LogP contribution in [0.15, 0.2) is 60.2 Å². The Bertz CT molecular complexity index is 1320. The Morgan fingerprint density at radius 3 is 2.83 bits per heavy atom. The zero-order valence-corrected chi connectivity index (χ0v) is 19.5. The van der Waals surface area contributed by atoms with E-state index in [1.165, 1.54) is 11.1 Å². The van der Waals surface area contributed by atoms with Crippen molar-refractivity contribution >= 4 is 17.3 Å². The van der Waals surface area contributed by atoms with E-state index in [9.17, 15) is 14.9 Å². The van der Waals surface area contributed by atoms with Gasteiger partial charge in [0.25, 0.3) is 5.69 Å². The quantitative estimate of drug-likeness (QED) is 0.297. The molecule has 2 aromatic rings. The van der Waals surface area contributed by atoms with Crippen LogP contribution in [0.3, 0.4) is 0 Å². The van der Waals surface area contributed by atoms with Crippen molar-refractivity contribution in [2.24, 2.45) is 11.8 Å². The number of hydrogen-bond acceptors (Lipinski definition) is 4. The van der Waals surface area contributed by atoms with Crippen molar-refractivity contribution in [3.05, 3.63) is 81.4 Å². The number of fused-ring (bicyclic) bond motifs is 2. The number of para-hydroxylation sites is 1. The Morgan fingerprint density at radius 1 is 1.17 bits per heavy atom. The van der Waals surface area contributed by atoms with Crippen LogP contribution < -0.4 is 4.90 Å². The van der Waals surface area contributed by atoms with Gasteiger partial charge in [0.15, 0.2) is 0 Å². The first-order chi connectivity index (χ1) is 17.0. The molecule has 8 rings (SSSR count). The maximum absolute atomic E-state index is 13.6. The van der Waals surface area contributed by atoms with E-state index in [-0.39, 0.29) is 34.1 Å². The van der Waals surface area contributed by atoms with Crippen LogP contribution >= 0.6 is 0 Å². The van der Waals surface area contributed by atoms with Gasteiger partial charge in [-0.1, -0.05) is 24.3 Å². The minimum Gasteiger partial charge on any atom is -0.373 e. The fraction of sp³-hybridized carbons (Fsp3) is 0.464. The number of benzene rings is 2. The monoisotopic (exact) mass is 470 g/mol. The molecule has 0 N–H and O–H groups in total. The molecule has 2 bridgehead atoms. The summed E-state index contributed by atoms with van der Waals surface area (Å²) in [5, 5.41) is 11.2. The van der Waals surface area contributed by atoms with E-state index in [1.54, 1.807) is 12.1 Å². The third kappa shape index (κ3) is 2.36. The van der Waals surface area contributed by atoms with Crippen LogP contribution in [0, 0.1) is 22.0 Å². The SMILES string of the molecule is O=C1C[C@@H]2OCC=C3C[N+]4(Cc5ccc([N+](=O)[O-])cc5)CC[C@@]56c7ccccc7N1[C@@H]5[C@@H]2[C@@H]3C[C@@H]64. The average Bonchev–Trinajstić information content (AvgIpc) is 3.29. The Hall–Kier alpha value is -3.03. The molecule has 7 atom stereocenters. The molecule has 1 saturated carbocycles. The normalized spacial score (nSPS) is 39.7. The summed E-state index contributed by atoms with van der Waals surface area (Å²) in [7, 11) is 0. The van der Waals surface area contributed by atoms with Crippen LogP contribution in [-0.4, -0.2) is 53.2 Å². The van der Waals surface area contributed by atoms with Crippen LogP contribution in [0.1, 0.15) is 30.4 Å². The first-order valence-electron chi connectivity index (χ1n) is 12.8.